The number of benzene rings is 2. The van der Waals surface area contributed by atoms with Gasteiger partial charge in [-0.05, 0) is 55.8 Å². The molecule has 0 saturated carbocycles. The standard InChI is InChI=1S/C20H26N2O3/c1-4-22(5-2)17-11-9-15(10-12-17)20(24)21-14-19(23)16-7-6-8-18(13-16)25-3/h6-13,19,23H,4-5,14H2,1-3H3,(H,21,24). The number of nitrogens with one attached hydrogen (secondary N) is 1. The maximum Gasteiger partial charge on any atom is 0.251 e. The van der Waals surface area contributed by atoms with Crippen LogP contribution in [0.15, 0.2) is 48.5 Å². The van der Waals surface area contributed by atoms with Gasteiger partial charge in [0.2, 0.25) is 0 Å². The number of amides is 1. The summed E-state index contributed by atoms with van der Waals surface area (Å²) in [7, 11) is 1.58. The van der Waals surface area contributed by atoms with Crippen molar-refractivity contribution in [2.24, 2.45) is 0 Å². The highest BCUT2D eigenvalue weighted by molar-refractivity contribution is 5.94. The van der Waals surface area contributed by atoms with Gasteiger partial charge in [-0.2, -0.15) is 0 Å². The SMILES string of the molecule is CCN(CC)c1ccc(C(=O)NCC(O)c2cccc(OC)c2)cc1. The monoisotopic (exact) mass is 342 g/mol. The number of methoxy groups -OCH3 is 1. The number of hydrogen-bond acceptors (Lipinski definition) is 4. The Kier molecular flexibility index (Phi) is 6.83. The summed E-state index contributed by atoms with van der Waals surface area (Å²) in [5.41, 5.74) is 2.38. The molecule has 0 aromatic heterocycles. The highest BCUT2D eigenvalue weighted by Crippen LogP contribution is 2.19. The molecule has 2 rings (SSSR count). The molecule has 0 heterocycles. The van der Waals surface area contributed by atoms with E-state index in [1.165, 1.54) is 0 Å². The van der Waals surface area contributed by atoms with Gasteiger partial charge in [0.15, 0.2) is 0 Å². The molecule has 0 aliphatic carbocycles. The summed E-state index contributed by atoms with van der Waals surface area (Å²) < 4.78 is 5.15. The number of carbonyl (C=O) groups excluding carboxylic acids is 1. The third kappa shape index (κ3) is 4.97. The fourth-order valence-corrected chi connectivity index (χ4v) is 2.67. The van der Waals surface area contributed by atoms with E-state index >= 15 is 0 Å². The zero-order valence-electron chi connectivity index (χ0n) is 15.0. The van der Waals surface area contributed by atoms with Crippen molar-refractivity contribution in [2.75, 3.05) is 31.6 Å². The first-order chi connectivity index (χ1) is 12.1. The number of hydrogen-bond donors (Lipinski definition) is 2. The average molecular weight is 342 g/mol. The lowest BCUT2D eigenvalue weighted by atomic mass is 10.1. The molecule has 0 saturated heterocycles. The van der Waals surface area contributed by atoms with Gasteiger partial charge < -0.3 is 20.1 Å². The Morgan fingerprint density at radius 3 is 2.44 bits per heavy atom. The second kappa shape index (κ2) is 9.08. The Bertz CT molecular complexity index is 682. The van der Waals surface area contributed by atoms with Crippen LogP contribution in [0.2, 0.25) is 0 Å². The van der Waals surface area contributed by atoms with Crippen LogP contribution in [-0.4, -0.2) is 37.8 Å². The van der Waals surface area contributed by atoms with Crippen LogP contribution in [0.25, 0.3) is 0 Å². The molecule has 0 radical (unpaired) electrons. The maximum atomic E-state index is 12.3. The van der Waals surface area contributed by atoms with Crippen LogP contribution in [0.1, 0.15) is 35.9 Å². The Morgan fingerprint density at radius 1 is 1.16 bits per heavy atom. The zero-order chi connectivity index (χ0) is 18.2. The summed E-state index contributed by atoms with van der Waals surface area (Å²) in [5, 5.41) is 13.0. The summed E-state index contributed by atoms with van der Waals surface area (Å²) in [4.78, 5) is 14.5. The van der Waals surface area contributed by atoms with Crippen molar-refractivity contribution in [3.8, 4) is 5.75 Å². The second-order valence-corrected chi connectivity index (χ2v) is 5.72. The quantitative estimate of drug-likeness (QED) is 0.774. The number of carbonyl (C=O) groups is 1. The van der Waals surface area contributed by atoms with E-state index in [9.17, 15) is 9.90 Å². The predicted molar refractivity (Wildman–Crippen MR) is 100 cm³/mol. The van der Waals surface area contributed by atoms with Gasteiger partial charge in [-0.1, -0.05) is 12.1 Å². The van der Waals surface area contributed by atoms with E-state index in [-0.39, 0.29) is 12.5 Å². The minimum absolute atomic E-state index is 0.143. The van der Waals surface area contributed by atoms with E-state index in [2.05, 4.69) is 24.1 Å². The fourth-order valence-electron chi connectivity index (χ4n) is 2.67. The van der Waals surface area contributed by atoms with Crippen molar-refractivity contribution in [1.82, 2.24) is 5.32 Å². The molecule has 1 atom stereocenters. The highest BCUT2D eigenvalue weighted by atomic mass is 16.5. The molecule has 2 N–H and O–H groups in total. The van der Waals surface area contributed by atoms with Crippen LogP contribution >= 0.6 is 0 Å². The van der Waals surface area contributed by atoms with Gasteiger partial charge in [0, 0.05) is 30.9 Å². The van der Waals surface area contributed by atoms with Crippen molar-refractivity contribution in [3.05, 3.63) is 59.7 Å². The lowest BCUT2D eigenvalue weighted by Gasteiger charge is -2.21. The van der Waals surface area contributed by atoms with Crippen molar-refractivity contribution in [1.29, 1.82) is 0 Å². The molecule has 25 heavy (non-hydrogen) atoms. The molecule has 0 bridgehead atoms. The average Bonchev–Trinajstić information content (AvgIpc) is 2.67. The zero-order valence-corrected chi connectivity index (χ0v) is 15.0. The Hall–Kier alpha value is -2.53. The third-order valence-corrected chi connectivity index (χ3v) is 4.19. The van der Waals surface area contributed by atoms with Crippen LogP contribution < -0.4 is 15.0 Å². The summed E-state index contributed by atoms with van der Waals surface area (Å²) >= 11 is 0. The molecule has 2 aromatic carbocycles. The molecular weight excluding hydrogens is 316 g/mol. The van der Waals surface area contributed by atoms with Crippen LogP contribution in [0.4, 0.5) is 5.69 Å². The first kappa shape index (κ1) is 18.8. The molecule has 0 fully saturated rings. The van der Waals surface area contributed by atoms with E-state index in [0.29, 0.717) is 16.9 Å². The van der Waals surface area contributed by atoms with E-state index < -0.39 is 6.10 Å². The van der Waals surface area contributed by atoms with Crippen LogP contribution in [-0.2, 0) is 0 Å². The normalized spacial score (nSPS) is 11.7. The van der Waals surface area contributed by atoms with E-state index in [1.807, 2.05) is 24.3 Å². The van der Waals surface area contributed by atoms with E-state index in [0.717, 1.165) is 18.8 Å². The lowest BCUT2D eigenvalue weighted by Crippen LogP contribution is -2.28. The molecule has 5 heteroatoms. The Morgan fingerprint density at radius 2 is 1.84 bits per heavy atom. The molecule has 0 aliphatic rings. The van der Waals surface area contributed by atoms with Crippen LogP contribution in [0.3, 0.4) is 0 Å². The largest absolute Gasteiger partial charge is 0.497 e. The molecule has 1 unspecified atom stereocenters. The van der Waals surface area contributed by atoms with Crippen molar-refractivity contribution < 1.29 is 14.6 Å². The molecule has 0 spiro atoms. The molecular formula is C20H26N2O3. The second-order valence-electron chi connectivity index (χ2n) is 5.72. The van der Waals surface area contributed by atoms with Crippen LogP contribution in [0.5, 0.6) is 5.75 Å². The first-order valence-corrected chi connectivity index (χ1v) is 8.54. The summed E-state index contributed by atoms with van der Waals surface area (Å²) in [6, 6.07) is 14.7. The number of nitrogens with zero attached hydrogens (tertiary/aromatic N) is 1. The smallest absolute Gasteiger partial charge is 0.251 e. The Labute approximate surface area is 149 Å². The highest BCUT2D eigenvalue weighted by Gasteiger charge is 2.12. The number of ether oxygens (including phenoxy) is 1. The minimum Gasteiger partial charge on any atom is -0.497 e. The van der Waals surface area contributed by atoms with Gasteiger partial charge in [-0.3, -0.25) is 4.79 Å². The van der Waals surface area contributed by atoms with Gasteiger partial charge in [-0.25, -0.2) is 0 Å². The molecule has 0 aliphatic heterocycles. The van der Waals surface area contributed by atoms with Gasteiger partial charge in [0.1, 0.15) is 5.75 Å². The summed E-state index contributed by atoms with van der Waals surface area (Å²) in [5.74, 6) is 0.475. The third-order valence-electron chi connectivity index (χ3n) is 4.19. The first-order valence-electron chi connectivity index (χ1n) is 8.54. The summed E-state index contributed by atoms with van der Waals surface area (Å²) in [6.07, 6.45) is -0.783. The van der Waals surface area contributed by atoms with Crippen molar-refractivity contribution in [2.45, 2.75) is 20.0 Å². The topological polar surface area (TPSA) is 61.8 Å². The lowest BCUT2D eigenvalue weighted by molar-refractivity contribution is 0.0916. The number of aliphatic hydroxyl groups is 1. The predicted octanol–water partition coefficient (Wildman–Crippen LogP) is 3.00. The molecule has 2 aromatic rings. The van der Waals surface area contributed by atoms with Crippen molar-refractivity contribution in [3.63, 3.8) is 0 Å². The number of anilines is 1. The molecule has 1 amide bonds. The van der Waals surface area contributed by atoms with Gasteiger partial charge >= 0.3 is 0 Å². The number of rotatable bonds is 8. The van der Waals surface area contributed by atoms with Crippen molar-refractivity contribution >= 4 is 11.6 Å². The van der Waals surface area contributed by atoms with Gasteiger partial charge in [0.25, 0.3) is 5.91 Å². The molecule has 134 valence electrons. The summed E-state index contributed by atoms with van der Waals surface area (Å²) in [6.45, 7) is 6.20. The van der Waals surface area contributed by atoms with Crippen LogP contribution in [0, 0.1) is 0 Å². The molecule has 5 nitrogen and oxygen atoms in total. The van der Waals surface area contributed by atoms with Gasteiger partial charge in [0.05, 0.1) is 13.2 Å². The van der Waals surface area contributed by atoms with E-state index in [4.69, 9.17) is 4.74 Å². The van der Waals surface area contributed by atoms with Gasteiger partial charge in [-0.15, -0.1) is 0 Å². The fraction of sp³-hybridized carbons (Fsp3) is 0.350. The number of aliphatic hydroxyl groups excluding tert-OH is 1. The minimum atomic E-state index is -0.783. The van der Waals surface area contributed by atoms with E-state index in [1.54, 1.807) is 31.4 Å². The Balaban J connectivity index is 1.95. The maximum absolute atomic E-state index is 12.3.